The summed E-state index contributed by atoms with van der Waals surface area (Å²) in [6.07, 6.45) is 0. The van der Waals surface area contributed by atoms with Crippen LogP contribution in [0.5, 0.6) is 5.75 Å². The summed E-state index contributed by atoms with van der Waals surface area (Å²) in [6.45, 7) is 0. The first-order valence-electron chi connectivity index (χ1n) is 3.08. The molecule has 6 nitrogen and oxygen atoms in total. The second-order valence-corrected chi connectivity index (χ2v) is 3.54. The number of hydrogen-bond donors (Lipinski definition) is 0. The average Bonchev–Trinajstić information content (AvgIpc) is 2.03. The lowest BCUT2D eigenvalue weighted by atomic mass is 10.3. The van der Waals surface area contributed by atoms with E-state index in [1.165, 1.54) is 18.2 Å². The van der Waals surface area contributed by atoms with Gasteiger partial charge >= 0.3 is 21.1 Å². The van der Waals surface area contributed by atoms with Crippen LogP contribution in [0.25, 0.3) is 0 Å². The van der Waals surface area contributed by atoms with Crippen molar-refractivity contribution in [2.75, 3.05) is 0 Å². The highest BCUT2D eigenvalue weighted by atomic mass is 127. The molecule has 0 fully saturated rings. The number of rotatable bonds is 3. The van der Waals surface area contributed by atoms with E-state index in [4.69, 9.17) is 0 Å². The number of nitro groups is 1. The van der Waals surface area contributed by atoms with Crippen LogP contribution in [0.15, 0.2) is 24.3 Å². The van der Waals surface area contributed by atoms with E-state index in [-0.39, 0.29) is 11.4 Å². The maximum Gasteiger partial charge on any atom is 0.570 e. The lowest BCUT2D eigenvalue weighted by molar-refractivity contribution is -1.62. The smallest absolute Gasteiger partial charge is 0.385 e. The molecule has 0 spiro atoms. The first-order valence-corrected chi connectivity index (χ1v) is 5.72. The summed E-state index contributed by atoms with van der Waals surface area (Å²) >= 11 is -3.83. The summed E-state index contributed by atoms with van der Waals surface area (Å²) in [5.74, 6) is -0.0237. The third kappa shape index (κ3) is 3.13. The molecule has 70 valence electrons. The van der Waals surface area contributed by atoms with Crippen LogP contribution >= 0.6 is 0 Å². The Bertz CT molecular complexity index is 316. The van der Waals surface area contributed by atoms with Gasteiger partial charge in [-0.05, 0) is 6.07 Å². The fourth-order valence-corrected chi connectivity index (χ4v) is 1.41. The molecule has 0 saturated heterocycles. The van der Waals surface area contributed by atoms with Crippen LogP contribution in [0.2, 0.25) is 0 Å². The predicted octanol–water partition coefficient (Wildman–Crippen LogP) is -3.94. The van der Waals surface area contributed by atoms with Crippen molar-refractivity contribution in [1.29, 1.82) is 0 Å². The number of benzene rings is 1. The van der Waals surface area contributed by atoms with Crippen LogP contribution in [0, 0.1) is 10.1 Å². The SMILES string of the molecule is O=[N+]([O-])c1cccc(O[I+2]([O-])[O-])c1. The molecular weight excluding hydrogens is 293 g/mol. The van der Waals surface area contributed by atoms with Crippen LogP contribution in [0.1, 0.15) is 0 Å². The Morgan fingerprint density at radius 1 is 1.38 bits per heavy atom. The predicted molar refractivity (Wildman–Crippen MR) is 33.7 cm³/mol. The first-order chi connectivity index (χ1) is 6.09. The molecule has 0 aromatic heterocycles. The molecule has 1 aromatic carbocycles. The van der Waals surface area contributed by atoms with E-state index in [9.17, 15) is 17.0 Å². The highest BCUT2D eigenvalue weighted by molar-refractivity contribution is 5.37. The molecule has 0 bridgehead atoms. The van der Waals surface area contributed by atoms with Gasteiger partial charge in [-0.2, -0.15) is 0 Å². The average molecular weight is 297 g/mol. The van der Waals surface area contributed by atoms with E-state index in [1.54, 1.807) is 0 Å². The van der Waals surface area contributed by atoms with E-state index >= 15 is 0 Å². The van der Waals surface area contributed by atoms with Gasteiger partial charge in [0.1, 0.15) is 0 Å². The molecule has 13 heavy (non-hydrogen) atoms. The van der Waals surface area contributed by atoms with Gasteiger partial charge in [-0.15, -0.1) is 3.07 Å². The first kappa shape index (κ1) is 10.2. The molecule has 0 N–H and O–H groups in total. The van der Waals surface area contributed by atoms with Crippen molar-refractivity contribution in [2.45, 2.75) is 0 Å². The zero-order chi connectivity index (χ0) is 9.84. The molecule has 0 atom stereocenters. The maximum atomic E-state index is 10.2. The monoisotopic (exact) mass is 297 g/mol. The van der Waals surface area contributed by atoms with E-state index < -0.39 is 26.0 Å². The van der Waals surface area contributed by atoms with E-state index in [0.717, 1.165) is 6.07 Å². The maximum absolute atomic E-state index is 10.2. The molecule has 0 saturated carbocycles. The fourth-order valence-electron chi connectivity index (χ4n) is 0.718. The molecule has 0 amide bonds. The Kier molecular flexibility index (Phi) is 3.39. The number of nitro benzene ring substituents is 1. The molecule has 0 aliphatic heterocycles. The van der Waals surface area contributed by atoms with Crippen molar-refractivity contribution >= 4 is 5.69 Å². The van der Waals surface area contributed by atoms with Crippen LogP contribution in [-0.2, 0) is 0 Å². The van der Waals surface area contributed by atoms with Gasteiger partial charge in [0.25, 0.3) is 5.69 Å². The summed E-state index contributed by atoms with van der Waals surface area (Å²) in [4.78, 5) is 9.62. The third-order valence-corrected chi connectivity index (χ3v) is 2.05. The number of nitrogens with zero attached hydrogens (tertiary/aromatic N) is 1. The Morgan fingerprint density at radius 2 is 2.08 bits per heavy atom. The third-order valence-electron chi connectivity index (χ3n) is 1.18. The number of halogens is 1. The molecule has 0 aliphatic rings. The molecular formula is C6H4INO5. The Balaban J connectivity index is 2.85. The van der Waals surface area contributed by atoms with Crippen molar-refractivity contribution in [3.63, 3.8) is 0 Å². The largest absolute Gasteiger partial charge is 0.570 e. The quantitative estimate of drug-likeness (QED) is 0.322. The highest BCUT2D eigenvalue weighted by Crippen LogP contribution is 2.17. The van der Waals surface area contributed by atoms with E-state index in [0.29, 0.717) is 0 Å². The van der Waals surface area contributed by atoms with Crippen LogP contribution in [0.4, 0.5) is 5.69 Å². The number of non-ortho nitro benzene ring substituents is 1. The van der Waals surface area contributed by atoms with Crippen LogP contribution < -0.4 is 31.0 Å². The van der Waals surface area contributed by atoms with Gasteiger partial charge in [-0.3, -0.25) is 10.1 Å². The second kappa shape index (κ2) is 4.35. The van der Waals surface area contributed by atoms with Gasteiger partial charge in [0.2, 0.25) is 5.75 Å². The molecule has 7 heteroatoms. The highest BCUT2D eigenvalue weighted by Gasteiger charge is 2.16. The molecule has 0 unspecified atom stereocenters. The van der Waals surface area contributed by atoms with E-state index in [2.05, 4.69) is 3.07 Å². The van der Waals surface area contributed by atoms with Crippen molar-refractivity contribution in [2.24, 2.45) is 0 Å². The van der Waals surface area contributed by atoms with Gasteiger partial charge < -0.3 is 6.87 Å². The Morgan fingerprint density at radius 3 is 2.62 bits per heavy atom. The van der Waals surface area contributed by atoms with Crippen molar-refractivity contribution < 1.29 is 35.9 Å². The van der Waals surface area contributed by atoms with Crippen molar-refractivity contribution in [3.05, 3.63) is 34.4 Å². The summed E-state index contributed by atoms with van der Waals surface area (Å²) in [6, 6.07) is 5.00. The van der Waals surface area contributed by atoms with Crippen LogP contribution in [-0.4, -0.2) is 4.92 Å². The lowest BCUT2D eigenvalue weighted by Crippen LogP contribution is -4.00. The standard InChI is InChI=1S/C6H4INO5/c9-7(10)13-6-3-1-2-5(4-6)8(11)12/h1-4H. The lowest BCUT2D eigenvalue weighted by Gasteiger charge is -1.93. The Hall–Kier alpha value is -0.930. The zero-order valence-corrected chi connectivity index (χ0v) is 8.33. The van der Waals surface area contributed by atoms with Gasteiger partial charge in [-0.1, -0.05) is 6.07 Å². The zero-order valence-electron chi connectivity index (χ0n) is 6.18. The summed E-state index contributed by atoms with van der Waals surface area (Å²) < 4.78 is 24.7. The molecule has 0 heterocycles. The Labute approximate surface area is 82.0 Å². The topological polar surface area (TPSA) is 98.5 Å². The van der Waals surface area contributed by atoms with Gasteiger partial charge in [0.15, 0.2) is 0 Å². The molecule has 0 aliphatic carbocycles. The van der Waals surface area contributed by atoms with Gasteiger partial charge in [0, 0.05) is 6.07 Å². The minimum absolute atomic E-state index is 0.0237. The number of hydrogen-bond acceptors (Lipinski definition) is 5. The fraction of sp³-hybridized carbons (Fsp3) is 0. The summed E-state index contributed by atoms with van der Waals surface area (Å²) in [7, 11) is 0. The molecule has 1 aromatic rings. The van der Waals surface area contributed by atoms with Gasteiger partial charge in [-0.25, -0.2) is 0 Å². The van der Waals surface area contributed by atoms with Crippen LogP contribution in [0.3, 0.4) is 0 Å². The minimum atomic E-state index is -3.83. The van der Waals surface area contributed by atoms with E-state index in [1.807, 2.05) is 0 Å². The molecule has 0 radical (unpaired) electrons. The molecule has 1 rings (SSSR count). The summed E-state index contributed by atoms with van der Waals surface area (Å²) in [5, 5.41) is 10.2. The normalized spacial score (nSPS) is 10.1. The minimum Gasteiger partial charge on any atom is -0.385 e. The van der Waals surface area contributed by atoms with Crippen molar-refractivity contribution in [3.8, 4) is 5.75 Å². The van der Waals surface area contributed by atoms with Gasteiger partial charge in [0.05, 0.1) is 11.0 Å². The van der Waals surface area contributed by atoms with Crippen molar-refractivity contribution in [1.82, 2.24) is 0 Å². The second-order valence-electron chi connectivity index (χ2n) is 2.02. The summed E-state index contributed by atoms with van der Waals surface area (Å²) in [5.41, 5.74) is -0.199.